The Hall–Kier alpha value is -1.88. The topological polar surface area (TPSA) is 58.6 Å². The van der Waals surface area contributed by atoms with Crippen LogP contribution >= 0.6 is 0 Å². The van der Waals surface area contributed by atoms with Gasteiger partial charge in [0.15, 0.2) is 0 Å². The van der Waals surface area contributed by atoms with E-state index in [9.17, 15) is 9.59 Å². The highest BCUT2D eigenvalue weighted by Crippen LogP contribution is 2.36. The molecule has 1 aromatic carbocycles. The fraction of sp³-hybridized carbons (Fsp3) is 0.579. The first-order valence-corrected chi connectivity index (χ1v) is 8.74. The highest BCUT2D eigenvalue weighted by molar-refractivity contribution is 5.81. The lowest BCUT2D eigenvalue weighted by Gasteiger charge is -2.26. The van der Waals surface area contributed by atoms with Crippen LogP contribution in [0.5, 0.6) is 0 Å². The van der Waals surface area contributed by atoms with Gasteiger partial charge in [-0.25, -0.2) is 0 Å². The first kappa shape index (κ1) is 18.5. The largest absolute Gasteiger partial charge is 0.369 e. The Morgan fingerprint density at radius 1 is 1.38 bits per heavy atom. The molecule has 3 atom stereocenters. The molecule has 1 N–H and O–H groups in total. The number of unbranched alkanes of at least 4 members (excludes halogenated alkanes) is 1. The molecule has 0 aliphatic carbocycles. The normalized spacial score (nSPS) is 21.8. The van der Waals surface area contributed by atoms with E-state index in [2.05, 4.69) is 12.2 Å². The van der Waals surface area contributed by atoms with Gasteiger partial charge in [0, 0.05) is 32.5 Å². The van der Waals surface area contributed by atoms with E-state index in [4.69, 9.17) is 4.74 Å². The molecule has 0 unspecified atom stereocenters. The molecule has 1 aliphatic rings. The van der Waals surface area contributed by atoms with E-state index in [0.29, 0.717) is 19.6 Å². The molecule has 1 saturated heterocycles. The third-order valence-electron chi connectivity index (χ3n) is 4.61. The van der Waals surface area contributed by atoms with Crippen LogP contribution in [0.4, 0.5) is 0 Å². The molecule has 5 heteroatoms. The molecule has 2 rings (SSSR count). The van der Waals surface area contributed by atoms with Crippen LogP contribution in [-0.2, 0) is 14.3 Å². The summed E-state index contributed by atoms with van der Waals surface area (Å²) in [6, 6.07) is 9.99. The smallest absolute Gasteiger partial charge is 0.248 e. The van der Waals surface area contributed by atoms with Crippen LogP contribution in [0.25, 0.3) is 0 Å². The van der Waals surface area contributed by atoms with Crippen LogP contribution in [0.15, 0.2) is 30.3 Å². The number of hydrogen-bond donors (Lipinski definition) is 1. The second-order valence-electron chi connectivity index (χ2n) is 6.44. The van der Waals surface area contributed by atoms with E-state index in [1.807, 2.05) is 37.4 Å². The SMILES string of the molecule is CCCCO[C@H](C)C(=O)NC[C@@H]1CC(=O)N(C)[C@H]1c1ccccc1. The summed E-state index contributed by atoms with van der Waals surface area (Å²) in [4.78, 5) is 26.1. The van der Waals surface area contributed by atoms with Crippen molar-refractivity contribution in [1.82, 2.24) is 10.2 Å². The highest BCUT2D eigenvalue weighted by Gasteiger charge is 2.38. The lowest BCUT2D eigenvalue weighted by atomic mass is 9.93. The molecule has 24 heavy (non-hydrogen) atoms. The fourth-order valence-electron chi connectivity index (χ4n) is 3.14. The fourth-order valence-corrected chi connectivity index (χ4v) is 3.14. The Bertz CT molecular complexity index is 547. The van der Waals surface area contributed by atoms with Gasteiger partial charge in [-0.3, -0.25) is 9.59 Å². The van der Waals surface area contributed by atoms with Crippen LogP contribution in [0.1, 0.15) is 44.7 Å². The zero-order valence-corrected chi connectivity index (χ0v) is 14.8. The van der Waals surface area contributed by atoms with E-state index in [0.717, 1.165) is 18.4 Å². The minimum atomic E-state index is -0.457. The maximum absolute atomic E-state index is 12.2. The van der Waals surface area contributed by atoms with Crippen LogP contribution < -0.4 is 5.32 Å². The lowest BCUT2D eigenvalue weighted by Crippen LogP contribution is -2.38. The van der Waals surface area contributed by atoms with Crippen LogP contribution in [-0.4, -0.2) is 43.0 Å². The van der Waals surface area contributed by atoms with Gasteiger partial charge in [0.2, 0.25) is 11.8 Å². The van der Waals surface area contributed by atoms with Crippen LogP contribution in [0.2, 0.25) is 0 Å². The van der Waals surface area contributed by atoms with Crippen LogP contribution in [0.3, 0.4) is 0 Å². The zero-order valence-electron chi connectivity index (χ0n) is 14.8. The van der Waals surface area contributed by atoms with Gasteiger partial charge in [0.25, 0.3) is 0 Å². The molecule has 132 valence electrons. The number of ether oxygens (including phenoxy) is 1. The van der Waals surface area contributed by atoms with Crippen molar-refractivity contribution in [2.24, 2.45) is 5.92 Å². The lowest BCUT2D eigenvalue weighted by molar-refractivity contribution is -0.132. The summed E-state index contributed by atoms with van der Waals surface area (Å²) in [7, 11) is 1.83. The molecular weight excluding hydrogens is 304 g/mol. The van der Waals surface area contributed by atoms with E-state index < -0.39 is 6.10 Å². The number of hydrogen-bond acceptors (Lipinski definition) is 3. The molecule has 0 spiro atoms. The summed E-state index contributed by atoms with van der Waals surface area (Å²) in [5.74, 6) is 0.0898. The number of nitrogens with one attached hydrogen (secondary N) is 1. The summed E-state index contributed by atoms with van der Waals surface area (Å²) in [5, 5.41) is 2.95. The minimum absolute atomic E-state index is 0.00955. The van der Waals surface area contributed by atoms with Crippen molar-refractivity contribution >= 4 is 11.8 Å². The minimum Gasteiger partial charge on any atom is -0.369 e. The highest BCUT2D eigenvalue weighted by atomic mass is 16.5. The van der Waals surface area contributed by atoms with Gasteiger partial charge in [-0.15, -0.1) is 0 Å². The average molecular weight is 332 g/mol. The van der Waals surface area contributed by atoms with E-state index in [-0.39, 0.29) is 23.8 Å². The number of amides is 2. The Balaban J connectivity index is 1.93. The van der Waals surface area contributed by atoms with Gasteiger partial charge < -0.3 is 15.0 Å². The predicted octanol–water partition coefficient (Wildman–Crippen LogP) is 2.53. The summed E-state index contributed by atoms with van der Waals surface area (Å²) in [5.41, 5.74) is 1.11. The van der Waals surface area contributed by atoms with E-state index in [1.165, 1.54) is 0 Å². The molecule has 0 bridgehead atoms. The second-order valence-corrected chi connectivity index (χ2v) is 6.44. The third kappa shape index (κ3) is 4.57. The first-order valence-electron chi connectivity index (χ1n) is 8.74. The van der Waals surface area contributed by atoms with Crippen molar-refractivity contribution in [2.75, 3.05) is 20.2 Å². The molecular formula is C19H28N2O3. The summed E-state index contributed by atoms with van der Waals surface area (Å²) < 4.78 is 5.52. The number of rotatable bonds is 8. The Kier molecular flexibility index (Phi) is 6.79. The van der Waals surface area contributed by atoms with Gasteiger partial charge in [-0.1, -0.05) is 43.7 Å². The number of likely N-dealkylation sites (tertiary alicyclic amines) is 1. The van der Waals surface area contributed by atoms with E-state index in [1.54, 1.807) is 11.8 Å². The van der Waals surface area contributed by atoms with Crippen molar-refractivity contribution in [1.29, 1.82) is 0 Å². The predicted molar refractivity (Wildman–Crippen MR) is 93.4 cm³/mol. The van der Waals surface area contributed by atoms with Crippen molar-refractivity contribution in [3.05, 3.63) is 35.9 Å². The van der Waals surface area contributed by atoms with E-state index >= 15 is 0 Å². The van der Waals surface area contributed by atoms with Gasteiger partial charge in [-0.2, -0.15) is 0 Å². The molecule has 2 amide bonds. The molecule has 0 radical (unpaired) electrons. The molecule has 5 nitrogen and oxygen atoms in total. The summed E-state index contributed by atoms with van der Waals surface area (Å²) in [6.45, 7) is 4.94. The Morgan fingerprint density at radius 3 is 2.75 bits per heavy atom. The Labute approximate surface area is 144 Å². The maximum Gasteiger partial charge on any atom is 0.248 e. The average Bonchev–Trinajstić information content (AvgIpc) is 2.88. The standard InChI is InChI=1S/C19H28N2O3/c1-4-5-11-24-14(2)19(23)20-13-16-12-17(22)21(3)18(16)15-9-7-6-8-10-15/h6-10,14,16,18H,4-5,11-13H2,1-3H3,(H,20,23)/t14-,16+,18+/m1/s1. The second kappa shape index (κ2) is 8.83. The van der Waals surface area contributed by atoms with Gasteiger partial charge in [0.1, 0.15) is 6.10 Å². The maximum atomic E-state index is 12.2. The van der Waals surface area contributed by atoms with Gasteiger partial charge >= 0.3 is 0 Å². The van der Waals surface area contributed by atoms with Crippen LogP contribution in [0, 0.1) is 5.92 Å². The van der Waals surface area contributed by atoms with Crippen molar-refractivity contribution in [3.8, 4) is 0 Å². The number of carbonyl (C=O) groups excluding carboxylic acids is 2. The molecule has 0 aromatic heterocycles. The molecule has 0 saturated carbocycles. The molecule has 1 fully saturated rings. The zero-order chi connectivity index (χ0) is 17.5. The quantitative estimate of drug-likeness (QED) is 0.744. The number of carbonyl (C=O) groups is 2. The van der Waals surface area contributed by atoms with Crippen molar-refractivity contribution in [3.63, 3.8) is 0 Å². The number of benzene rings is 1. The van der Waals surface area contributed by atoms with Crippen molar-refractivity contribution < 1.29 is 14.3 Å². The van der Waals surface area contributed by atoms with Crippen molar-refractivity contribution in [2.45, 2.75) is 45.3 Å². The summed E-state index contributed by atoms with van der Waals surface area (Å²) >= 11 is 0. The molecule has 1 heterocycles. The Morgan fingerprint density at radius 2 is 2.08 bits per heavy atom. The number of nitrogens with zero attached hydrogens (tertiary/aromatic N) is 1. The van der Waals surface area contributed by atoms with Gasteiger partial charge in [-0.05, 0) is 18.9 Å². The first-order chi connectivity index (χ1) is 11.5. The van der Waals surface area contributed by atoms with Gasteiger partial charge in [0.05, 0.1) is 6.04 Å². The monoisotopic (exact) mass is 332 g/mol. The summed E-state index contributed by atoms with van der Waals surface area (Å²) in [6.07, 6.45) is 2.00. The molecule has 1 aliphatic heterocycles. The third-order valence-corrected chi connectivity index (χ3v) is 4.61. The molecule has 1 aromatic rings.